The monoisotopic (exact) mass is 314 g/mol. The second-order valence-corrected chi connectivity index (χ2v) is 5.90. The molecule has 0 spiro atoms. The number of anilines is 1. The number of rotatable bonds is 4. The lowest BCUT2D eigenvalue weighted by molar-refractivity contribution is -0.116. The maximum absolute atomic E-state index is 13.4. The maximum atomic E-state index is 13.4. The molecule has 0 heterocycles. The van der Waals surface area contributed by atoms with Gasteiger partial charge in [0.1, 0.15) is 5.60 Å². The second-order valence-electron chi connectivity index (χ2n) is 5.90. The predicted octanol–water partition coefficient (Wildman–Crippen LogP) is 3.21. The largest absolute Gasteiger partial charge is 0.444 e. The Balaban J connectivity index is 2.51. The van der Waals surface area contributed by atoms with E-state index in [4.69, 9.17) is 4.74 Å². The fraction of sp³-hybridized carbons (Fsp3) is 0.467. The summed E-state index contributed by atoms with van der Waals surface area (Å²) in [5.41, 5.74) is -0.883. The van der Waals surface area contributed by atoms with Crippen LogP contribution in [0.1, 0.15) is 34.1 Å². The topological polar surface area (TPSA) is 67.4 Å². The molecule has 7 heteroatoms. The van der Waals surface area contributed by atoms with E-state index in [9.17, 15) is 18.4 Å². The SMILES string of the molecule is CC(CC(=O)Nc1cccc(F)c1F)NC(=O)OC(C)(C)C. The van der Waals surface area contributed by atoms with Gasteiger partial charge in [0.2, 0.25) is 5.91 Å². The van der Waals surface area contributed by atoms with Crippen LogP contribution in [0.3, 0.4) is 0 Å². The first-order valence-corrected chi connectivity index (χ1v) is 6.82. The molecular formula is C15H20F2N2O3. The molecule has 22 heavy (non-hydrogen) atoms. The van der Waals surface area contributed by atoms with E-state index < -0.39 is 35.3 Å². The van der Waals surface area contributed by atoms with Crippen molar-refractivity contribution in [3.05, 3.63) is 29.8 Å². The van der Waals surface area contributed by atoms with Gasteiger partial charge in [-0.15, -0.1) is 0 Å². The van der Waals surface area contributed by atoms with Gasteiger partial charge in [0, 0.05) is 12.5 Å². The lowest BCUT2D eigenvalue weighted by Gasteiger charge is -2.21. The molecule has 1 atom stereocenters. The van der Waals surface area contributed by atoms with Gasteiger partial charge in [-0.05, 0) is 39.8 Å². The maximum Gasteiger partial charge on any atom is 0.407 e. The Labute approximate surface area is 128 Å². The summed E-state index contributed by atoms with van der Waals surface area (Å²) in [6, 6.07) is 2.97. The smallest absolute Gasteiger partial charge is 0.407 e. The highest BCUT2D eigenvalue weighted by molar-refractivity contribution is 5.91. The molecule has 0 fully saturated rings. The molecule has 0 saturated carbocycles. The van der Waals surface area contributed by atoms with Gasteiger partial charge in [0.15, 0.2) is 11.6 Å². The summed E-state index contributed by atoms with van der Waals surface area (Å²) in [6.45, 7) is 6.76. The molecule has 0 aliphatic heterocycles. The summed E-state index contributed by atoms with van der Waals surface area (Å²) in [6.07, 6.45) is -0.750. The van der Waals surface area contributed by atoms with E-state index in [0.29, 0.717) is 0 Å². The molecule has 1 aromatic carbocycles. The minimum Gasteiger partial charge on any atom is -0.444 e. The fourth-order valence-corrected chi connectivity index (χ4v) is 1.64. The van der Waals surface area contributed by atoms with E-state index in [1.54, 1.807) is 27.7 Å². The molecule has 1 unspecified atom stereocenters. The second kappa shape index (κ2) is 7.20. The minimum absolute atomic E-state index is 0.102. The summed E-state index contributed by atoms with van der Waals surface area (Å²) in [5, 5.41) is 4.75. The molecule has 122 valence electrons. The number of carbonyl (C=O) groups is 2. The number of alkyl carbamates (subject to hydrolysis) is 1. The number of nitrogens with one attached hydrogen (secondary N) is 2. The van der Waals surface area contributed by atoms with E-state index in [0.717, 1.165) is 6.07 Å². The molecule has 2 N–H and O–H groups in total. The number of amides is 2. The van der Waals surface area contributed by atoms with Gasteiger partial charge in [0.25, 0.3) is 0 Å². The van der Waals surface area contributed by atoms with Crippen LogP contribution < -0.4 is 10.6 Å². The lowest BCUT2D eigenvalue weighted by atomic mass is 10.2. The van der Waals surface area contributed by atoms with Gasteiger partial charge in [0.05, 0.1) is 5.69 Å². The molecular weight excluding hydrogens is 294 g/mol. The molecule has 0 aromatic heterocycles. The van der Waals surface area contributed by atoms with Crippen molar-refractivity contribution in [3.8, 4) is 0 Å². The number of hydrogen-bond acceptors (Lipinski definition) is 3. The molecule has 1 rings (SSSR count). The summed E-state index contributed by atoms with van der Waals surface area (Å²) in [7, 11) is 0. The molecule has 0 aliphatic carbocycles. The molecule has 1 aromatic rings. The minimum atomic E-state index is -1.12. The third-order valence-electron chi connectivity index (χ3n) is 2.48. The van der Waals surface area contributed by atoms with Crippen LogP contribution in [0.25, 0.3) is 0 Å². The van der Waals surface area contributed by atoms with Crippen LogP contribution >= 0.6 is 0 Å². The van der Waals surface area contributed by atoms with E-state index in [2.05, 4.69) is 10.6 Å². The van der Waals surface area contributed by atoms with Crippen molar-refractivity contribution in [1.29, 1.82) is 0 Å². The molecule has 2 amide bonds. The average Bonchev–Trinajstić information content (AvgIpc) is 2.31. The zero-order valence-corrected chi connectivity index (χ0v) is 13.0. The molecule has 0 bridgehead atoms. The standard InChI is InChI=1S/C15H20F2N2O3/c1-9(18-14(21)22-15(2,3)4)8-12(20)19-11-7-5-6-10(16)13(11)17/h5-7,9H,8H2,1-4H3,(H,18,21)(H,19,20). The Bertz CT molecular complexity index is 556. The van der Waals surface area contributed by atoms with Crippen LogP contribution in [-0.4, -0.2) is 23.6 Å². The highest BCUT2D eigenvalue weighted by Crippen LogP contribution is 2.16. The van der Waals surface area contributed by atoms with Gasteiger partial charge in [-0.1, -0.05) is 6.07 Å². The summed E-state index contributed by atoms with van der Waals surface area (Å²) in [4.78, 5) is 23.3. The first kappa shape index (κ1) is 17.9. The van der Waals surface area contributed by atoms with Gasteiger partial charge >= 0.3 is 6.09 Å². The van der Waals surface area contributed by atoms with E-state index in [1.165, 1.54) is 12.1 Å². The number of halogens is 2. The Hall–Kier alpha value is -2.18. The van der Waals surface area contributed by atoms with Crippen molar-refractivity contribution >= 4 is 17.7 Å². The normalized spacial score (nSPS) is 12.5. The van der Waals surface area contributed by atoms with Crippen molar-refractivity contribution in [1.82, 2.24) is 5.32 Å². The van der Waals surface area contributed by atoms with Crippen molar-refractivity contribution < 1.29 is 23.1 Å². The van der Waals surface area contributed by atoms with Crippen molar-refractivity contribution in [2.75, 3.05) is 5.32 Å². The Morgan fingerprint density at radius 3 is 2.50 bits per heavy atom. The third-order valence-corrected chi connectivity index (χ3v) is 2.48. The zero-order valence-electron chi connectivity index (χ0n) is 13.0. The Morgan fingerprint density at radius 2 is 1.91 bits per heavy atom. The van der Waals surface area contributed by atoms with Crippen LogP contribution in [-0.2, 0) is 9.53 Å². The van der Waals surface area contributed by atoms with Crippen LogP contribution in [0, 0.1) is 11.6 Å². The van der Waals surface area contributed by atoms with Crippen LogP contribution in [0.5, 0.6) is 0 Å². The highest BCUT2D eigenvalue weighted by atomic mass is 19.2. The summed E-state index contributed by atoms with van der Waals surface area (Å²) < 4.78 is 31.5. The van der Waals surface area contributed by atoms with Crippen molar-refractivity contribution in [2.45, 2.75) is 45.8 Å². The van der Waals surface area contributed by atoms with Gasteiger partial charge in [-0.2, -0.15) is 0 Å². The third kappa shape index (κ3) is 6.07. The first-order valence-electron chi connectivity index (χ1n) is 6.82. The van der Waals surface area contributed by atoms with E-state index in [-0.39, 0.29) is 12.1 Å². The quantitative estimate of drug-likeness (QED) is 0.897. The van der Waals surface area contributed by atoms with Crippen LogP contribution in [0.4, 0.5) is 19.3 Å². The van der Waals surface area contributed by atoms with Crippen molar-refractivity contribution in [2.24, 2.45) is 0 Å². The lowest BCUT2D eigenvalue weighted by Crippen LogP contribution is -2.39. The highest BCUT2D eigenvalue weighted by Gasteiger charge is 2.19. The van der Waals surface area contributed by atoms with E-state index in [1.807, 2.05) is 0 Å². The number of hydrogen-bond donors (Lipinski definition) is 2. The summed E-state index contributed by atoms with van der Waals surface area (Å²) in [5.74, 6) is -2.71. The fourth-order valence-electron chi connectivity index (χ4n) is 1.64. The molecule has 5 nitrogen and oxygen atoms in total. The van der Waals surface area contributed by atoms with Crippen molar-refractivity contribution in [3.63, 3.8) is 0 Å². The average molecular weight is 314 g/mol. The Morgan fingerprint density at radius 1 is 1.27 bits per heavy atom. The zero-order chi connectivity index (χ0) is 16.9. The number of carbonyl (C=O) groups excluding carboxylic acids is 2. The number of benzene rings is 1. The predicted molar refractivity (Wildman–Crippen MR) is 78.4 cm³/mol. The molecule has 0 radical (unpaired) electrons. The van der Waals surface area contributed by atoms with Gasteiger partial charge in [-0.25, -0.2) is 13.6 Å². The van der Waals surface area contributed by atoms with Gasteiger partial charge in [-0.3, -0.25) is 4.79 Å². The van der Waals surface area contributed by atoms with Gasteiger partial charge < -0.3 is 15.4 Å². The van der Waals surface area contributed by atoms with E-state index >= 15 is 0 Å². The van der Waals surface area contributed by atoms with Crippen LogP contribution in [0.15, 0.2) is 18.2 Å². The Kier molecular flexibility index (Phi) is 5.84. The van der Waals surface area contributed by atoms with Crippen LogP contribution in [0.2, 0.25) is 0 Å². The first-order chi connectivity index (χ1) is 10.1. The molecule has 0 aliphatic rings. The number of ether oxygens (including phenoxy) is 1. The molecule has 0 saturated heterocycles. The summed E-state index contributed by atoms with van der Waals surface area (Å²) >= 11 is 0.